The van der Waals surface area contributed by atoms with Crippen LogP contribution in [0.3, 0.4) is 0 Å². The number of hydrogen-bond donors (Lipinski definition) is 0. The molecule has 7 heteroatoms. The average Bonchev–Trinajstić information content (AvgIpc) is 3.26. The molecular formula is C18H18IN3O3. The highest BCUT2D eigenvalue weighted by Gasteiger charge is 2.41. The van der Waals surface area contributed by atoms with Crippen molar-refractivity contribution >= 4 is 34.5 Å². The van der Waals surface area contributed by atoms with Gasteiger partial charge in [-0.15, -0.1) is 0 Å². The van der Waals surface area contributed by atoms with E-state index in [-0.39, 0.29) is 12.5 Å². The van der Waals surface area contributed by atoms with E-state index in [1.807, 2.05) is 18.2 Å². The predicted molar refractivity (Wildman–Crippen MR) is 99.0 cm³/mol. The van der Waals surface area contributed by atoms with Crippen molar-refractivity contribution in [2.45, 2.75) is 38.9 Å². The zero-order chi connectivity index (χ0) is 17.6. The number of carbonyl (C=O) groups is 2. The first-order valence-electron chi connectivity index (χ1n) is 8.40. The number of halogens is 1. The van der Waals surface area contributed by atoms with Crippen LogP contribution in [0.4, 0.5) is 0 Å². The summed E-state index contributed by atoms with van der Waals surface area (Å²) in [4.78, 5) is 31.8. The molecule has 1 amide bonds. The number of rotatable bonds is 4. The van der Waals surface area contributed by atoms with Gasteiger partial charge in [0, 0.05) is 27.9 Å². The monoisotopic (exact) mass is 451 g/mol. The second-order valence-corrected chi connectivity index (χ2v) is 7.51. The lowest BCUT2D eigenvalue weighted by Crippen LogP contribution is -2.36. The Bertz CT molecular complexity index is 861. The minimum Gasteiger partial charge on any atom is -0.464 e. The molecule has 0 bridgehead atoms. The zero-order valence-electron chi connectivity index (χ0n) is 13.9. The molecule has 1 atom stereocenters. The highest BCUT2D eigenvalue weighted by atomic mass is 127. The maximum Gasteiger partial charge on any atom is 0.335 e. The van der Waals surface area contributed by atoms with Crippen LogP contribution in [0.5, 0.6) is 0 Å². The minimum absolute atomic E-state index is 0.133. The molecule has 2 aliphatic rings. The number of esters is 1. The van der Waals surface area contributed by atoms with Crippen LogP contribution in [0.1, 0.15) is 46.7 Å². The van der Waals surface area contributed by atoms with E-state index < -0.39 is 12.0 Å². The topological polar surface area (TPSA) is 64.4 Å². The Labute approximate surface area is 159 Å². The molecule has 1 aromatic heterocycles. The first-order chi connectivity index (χ1) is 12.1. The second kappa shape index (κ2) is 6.44. The third kappa shape index (κ3) is 2.74. The van der Waals surface area contributed by atoms with Crippen LogP contribution >= 0.6 is 22.6 Å². The van der Waals surface area contributed by atoms with Gasteiger partial charge >= 0.3 is 5.97 Å². The largest absolute Gasteiger partial charge is 0.464 e. The molecule has 1 unspecified atom stereocenters. The summed E-state index contributed by atoms with van der Waals surface area (Å²) in [5.41, 5.74) is 3.30. The van der Waals surface area contributed by atoms with Crippen molar-refractivity contribution in [3.63, 3.8) is 0 Å². The molecule has 25 heavy (non-hydrogen) atoms. The Morgan fingerprint density at radius 3 is 3.08 bits per heavy atom. The number of imidazole rings is 1. The van der Waals surface area contributed by atoms with Crippen LogP contribution in [0.2, 0.25) is 0 Å². The fourth-order valence-electron chi connectivity index (χ4n) is 3.64. The first kappa shape index (κ1) is 16.6. The number of ether oxygens (including phenoxy) is 1. The lowest BCUT2D eigenvalue weighted by Gasteiger charge is -2.25. The number of aromatic nitrogens is 2. The Morgan fingerprint density at radius 2 is 2.28 bits per heavy atom. The maximum atomic E-state index is 13.0. The Balaban J connectivity index is 1.75. The summed E-state index contributed by atoms with van der Waals surface area (Å²) in [6, 6.07) is 5.02. The standard InChI is InChI=1S/C18H18IN3O3/c1-2-25-18(24)16(15-14-4-3-7-21(14)10-20-15)22-9-11-5-6-12(19)8-13(11)17(22)23/h5-6,8,10,16H,2-4,7,9H2,1H3. The molecule has 0 spiro atoms. The molecule has 0 fully saturated rings. The van der Waals surface area contributed by atoms with E-state index >= 15 is 0 Å². The van der Waals surface area contributed by atoms with Crippen molar-refractivity contribution in [1.29, 1.82) is 0 Å². The highest BCUT2D eigenvalue weighted by Crippen LogP contribution is 2.35. The van der Waals surface area contributed by atoms with Gasteiger partial charge in [-0.25, -0.2) is 9.78 Å². The summed E-state index contributed by atoms with van der Waals surface area (Å²) < 4.78 is 8.36. The van der Waals surface area contributed by atoms with Gasteiger partial charge in [0.15, 0.2) is 6.04 Å². The van der Waals surface area contributed by atoms with E-state index in [1.165, 1.54) is 0 Å². The van der Waals surface area contributed by atoms with E-state index in [1.54, 1.807) is 18.2 Å². The van der Waals surface area contributed by atoms with Gasteiger partial charge in [-0.3, -0.25) is 4.79 Å². The van der Waals surface area contributed by atoms with Gasteiger partial charge in [0.05, 0.1) is 18.6 Å². The highest BCUT2D eigenvalue weighted by molar-refractivity contribution is 14.1. The fraction of sp³-hybridized carbons (Fsp3) is 0.389. The van der Waals surface area contributed by atoms with Crippen molar-refractivity contribution in [1.82, 2.24) is 14.5 Å². The number of amides is 1. The van der Waals surface area contributed by atoms with Crippen molar-refractivity contribution in [3.8, 4) is 0 Å². The van der Waals surface area contributed by atoms with Crippen LogP contribution in [-0.4, -0.2) is 32.9 Å². The molecule has 0 saturated heterocycles. The molecule has 0 N–H and O–H groups in total. The number of aryl methyl sites for hydroxylation is 1. The van der Waals surface area contributed by atoms with E-state index in [0.717, 1.165) is 34.2 Å². The number of hydrogen-bond acceptors (Lipinski definition) is 4. The van der Waals surface area contributed by atoms with E-state index in [2.05, 4.69) is 32.1 Å². The maximum absolute atomic E-state index is 13.0. The molecule has 0 saturated carbocycles. The van der Waals surface area contributed by atoms with Crippen LogP contribution in [0, 0.1) is 3.57 Å². The zero-order valence-corrected chi connectivity index (χ0v) is 16.0. The third-order valence-electron chi connectivity index (χ3n) is 4.78. The molecule has 6 nitrogen and oxygen atoms in total. The minimum atomic E-state index is -0.785. The first-order valence-corrected chi connectivity index (χ1v) is 9.48. The van der Waals surface area contributed by atoms with Crippen molar-refractivity contribution in [2.24, 2.45) is 0 Å². The molecule has 4 rings (SSSR count). The van der Waals surface area contributed by atoms with Crippen LogP contribution in [-0.2, 0) is 29.0 Å². The van der Waals surface area contributed by atoms with Gasteiger partial charge < -0.3 is 14.2 Å². The Morgan fingerprint density at radius 1 is 1.44 bits per heavy atom. The molecular weight excluding hydrogens is 433 g/mol. The van der Waals surface area contributed by atoms with Crippen molar-refractivity contribution in [3.05, 3.63) is 50.6 Å². The fourth-order valence-corrected chi connectivity index (χ4v) is 4.14. The Kier molecular flexibility index (Phi) is 4.26. The van der Waals surface area contributed by atoms with E-state index in [4.69, 9.17) is 4.74 Å². The van der Waals surface area contributed by atoms with E-state index in [0.29, 0.717) is 17.8 Å². The number of fused-ring (bicyclic) bond motifs is 2. The normalized spacial score (nSPS) is 16.7. The van der Waals surface area contributed by atoms with Gasteiger partial charge in [-0.1, -0.05) is 6.07 Å². The number of carbonyl (C=O) groups excluding carboxylic acids is 2. The smallest absolute Gasteiger partial charge is 0.335 e. The molecule has 130 valence electrons. The van der Waals surface area contributed by atoms with Crippen molar-refractivity contribution < 1.29 is 14.3 Å². The summed E-state index contributed by atoms with van der Waals surface area (Å²) in [7, 11) is 0. The SMILES string of the molecule is CCOC(=O)C(c1ncn2c1CCC2)N1Cc2ccc(I)cc2C1=O. The second-order valence-electron chi connectivity index (χ2n) is 6.26. The third-order valence-corrected chi connectivity index (χ3v) is 5.45. The summed E-state index contributed by atoms with van der Waals surface area (Å²) in [5.74, 6) is -0.543. The van der Waals surface area contributed by atoms with Gasteiger partial charge in [0.1, 0.15) is 0 Å². The summed E-state index contributed by atoms with van der Waals surface area (Å²) >= 11 is 2.19. The molecule has 0 aliphatic carbocycles. The number of benzene rings is 1. The van der Waals surface area contributed by atoms with Gasteiger partial charge in [0.25, 0.3) is 5.91 Å². The van der Waals surface area contributed by atoms with E-state index in [9.17, 15) is 9.59 Å². The number of nitrogens with zero attached hydrogens (tertiary/aromatic N) is 3. The van der Waals surface area contributed by atoms with Gasteiger partial charge in [-0.05, 0) is 60.1 Å². The van der Waals surface area contributed by atoms with Gasteiger partial charge in [-0.2, -0.15) is 0 Å². The summed E-state index contributed by atoms with van der Waals surface area (Å²) in [6.07, 6.45) is 3.67. The molecule has 1 aromatic carbocycles. The summed E-state index contributed by atoms with van der Waals surface area (Å²) in [5, 5.41) is 0. The molecule has 2 aliphatic heterocycles. The molecule has 3 heterocycles. The van der Waals surface area contributed by atoms with Gasteiger partial charge in [0.2, 0.25) is 0 Å². The molecule has 0 radical (unpaired) electrons. The van der Waals surface area contributed by atoms with Crippen molar-refractivity contribution in [2.75, 3.05) is 6.61 Å². The lowest BCUT2D eigenvalue weighted by molar-refractivity contribution is -0.149. The Hall–Kier alpha value is -1.90. The van der Waals surface area contributed by atoms with Crippen LogP contribution in [0.15, 0.2) is 24.5 Å². The predicted octanol–water partition coefficient (Wildman–Crippen LogP) is 2.69. The average molecular weight is 451 g/mol. The van der Waals surface area contributed by atoms with Crippen LogP contribution < -0.4 is 0 Å². The summed E-state index contributed by atoms with van der Waals surface area (Å²) in [6.45, 7) is 3.36. The quantitative estimate of drug-likeness (QED) is 0.530. The molecule has 2 aromatic rings. The lowest BCUT2D eigenvalue weighted by atomic mass is 10.1. The van der Waals surface area contributed by atoms with Crippen LogP contribution in [0.25, 0.3) is 0 Å².